The van der Waals surface area contributed by atoms with E-state index in [1.54, 1.807) is 0 Å². The lowest BCUT2D eigenvalue weighted by Crippen LogP contribution is -2.39. The van der Waals surface area contributed by atoms with Crippen LogP contribution in [0.25, 0.3) is 6.08 Å². The quantitative estimate of drug-likeness (QED) is 0.706. The second-order valence-corrected chi connectivity index (χ2v) is 4.18. The maximum Gasteiger partial charge on any atom is 0.0813 e. The van der Waals surface area contributed by atoms with Gasteiger partial charge in [-0.25, -0.2) is 0 Å². The van der Waals surface area contributed by atoms with Crippen molar-refractivity contribution < 1.29 is 0 Å². The summed E-state index contributed by atoms with van der Waals surface area (Å²) >= 11 is 0. The Bertz CT molecular complexity index is 351. The number of hydrogen-bond donors (Lipinski definition) is 3. The lowest BCUT2D eigenvalue weighted by atomic mass is 10.0. The standard InChI is InChI=1S/C13H19N3/c1-10(14)12(13-15-7-8-16-13)9-11-5-3-2-4-6-11/h2-6,9-10,13,15-16H,7-8,14H2,1H3. The molecule has 0 aliphatic carbocycles. The molecule has 3 heteroatoms. The van der Waals surface area contributed by atoms with E-state index in [1.807, 2.05) is 25.1 Å². The first-order valence-electron chi connectivity index (χ1n) is 5.76. The van der Waals surface area contributed by atoms with Crippen LogP contribution in [0, 0.1) is 0 Å². The first kappa shape index (κ1) is 11.3. The lowest BCUT2D eigenvalue weighted by Gasteiger charge is -2.19. The molecule has 1 atom stereocenters. The van der Waals surface area contributed by atoms with E-state index in [4.69, 9.17) is 5.73 Å². The smallest absolute Gasteiger partial charge is 0.0813 e. The van der Waals surface area contributed by atoms with Crippen LogP contribution >= 0.6 is 0 Å². The molecule has 2 rings (SSSR count). The third-order valence-corrected chi connectivity index (χ3v) is 2.81. The first-order chi connectivity index (χ1) is 7.77. The van der Waals surface area contributed by atoms with Gasteiger partial charge in [0.25, 0.3) is 0 Å². The highest BCUT2D eigenvalue weighted by molar-refractivity contribution is 5.55. The molecule has 1 aromatic rings. The van der Waals surface area contributed by atoms with Crippen molar-refractivity contribution in [3.8, 4) is 0 Å². The Kier molecular flexibility index (Phi) is 3.72. The summed E-state index contributed by atoms with van der Waals surface area (Å²) in [6, 6.07) is 10.4. The molecule has 1 unspecified atom stereocenters. The molecule has 1 fully saturated rings. The van der Waals surface area contributed by atoms with Crippen molar-refractivity contribution in [3.63, 3.8) is 0 Å². The molecule has 0 saturated carbocycles. The van der Waals surface area contributed by atoms with Crippen molar-refractivity contribution in [1.82, 2.24) is 10.6 Å². The molecule has 0 amide bonds. The van der Waals surface area contributed by atoms with E-state index in [-0.39, 0.29) is 12.2 Å². The van der Waals surface area contributed by atoms with Gasteiger partial charge in [-0.15, -0.1) is 0 Å². The largest absolute Gasteiger partial charge is 0.324 e. The van der Waals surface area contributed by atoms with Crippen molar-refractivity contribution in [2.75, 3.05) is 13.1 Å². The summed E-state index contributed by atoms with van der Waals surface area (Å²) in [5, 5.41) is 6.80. The van der Waals surface area contributed by atoms with Crippen LogP contribution in [0.5, 0.6) is 0 Å². The van der Waals surface area contributed by atoms with Crippen LogP contribution in [-0.2, 0) is 0 Å². The van der Waals surface area contributed by atoms with Gasteiger partial charge in [0.1, 0.15) is 0 Å². The molecule has 86 valence electrons. The summed E-state index contributed by atoms with van der Waals surface area (Å²) in [5.41, 5.74) is 8.43. The molecule has 0 spiro atoms. The average Bonchev–Trinajstić information content (AvgIpc) is 2.80. The molecule has 4 N–H and O–H groups in total. The lowest BCUT2D eigenvalue weighted by molar-refractivity contribution is 0.592. The minimum absolute atomic E-state index is 0.0586. The summed E-state index contributed by atoms with van der Waals surface area (Å²) in [4.78, 5) is 0. The second kappa shape index (κ2) is 5.25. The average molecular weight is 217 g/mol. The van der Waals surface area contributed by atoms with Crippen molar-refractivity contribution >= 4 is 6.08 Å². The van der Waals surface area contributed by atoms with Gasteiger partial charge in [0.2, 0.25) is 0 Å². The maximum absolute atomic E-state index is 6.02. The third-order valence-electron chi connectivity index (χ3n) is 2.81. The van der Waals surface area contributed by atoms with Gasteiger partial charge >= 0.3 is 0 Å². The molecule has 1 heterocycles. The van der Waals surface area contributed by atoms with E-state index in [9.17, 15) is 0 Å². The van der Waals surface area contributed by atoms with Crippen LogP contribution in [0.4, 0.5) is 0 Å². The molecule has 1 aromatic carbocycles. The van der Waals surface area contributed by atoms with Gasteiger partial charge in [-0.05, 0) is 18.1 Å². The van der Waals surface area contributed by atoms with Crippen LogP contribution in [0.2, 0.25) is 0 Å². The molecule has 0 radical (unpaired) electrons. The van der Waals surface area contributed by atoms with Gasteiger partial charge in [-0.3, -0.25) is 10.6 Å². The van der Waals surface area contributed by atoms with E-state index in [0.717, 1.165) is 13.1 Å². The van der Waals surface area contributed by atoms with E-state index < -0.39 is 0 Å². The SMILES string of the molecule is CC(N)C(=Cc1ccccc1)C1NCCN1. The highest BCUT2D eigenvalue weighted by Gasteiger charge is 2.20. The molecule has 1 aliphatic heterocycles. The summed E-state index contributed by atoms with van der Waals surface area (Å²) in [5.74, 6) is 0. The molecule has 16 heavy (non-hydrogen) atoms. The predicted molar refractivity (Wildman–Crippen MR) is 67.9 cm³/mol. The van der Waals surface area contributed by atoms with Crippen molar-refractivity contribution in [2.24, 2.45) is 5.73 Å². The summed E-state index contributed by atoms with van der Waals surface area (Å²) < 4.78 is 0. The van der Waals surface area contributed by atoms with Crippen LogP contribution < -0.4 is 16.4 Å². The Morgan fingerprint density at radius 2 is 1.94 bits per heavy atom. The van der Waals surface area contributed by atoms with Crippen molar-refractivity contribution in [1.29, 1.82) is 0 Å². The minimum atomic E-state index is 0.0586. The Morgan fingerprint density at radius 3 is 2.50 bits per heavy atom. The van der Waals surface area contributed by atoms with Crippen LogP contribution in [-0.4, -0.2) is 25.3 Å². The first-order valence-corrected chi connectivity index (χ1v) is 5.76. The Hall–Kier alpha value is -1.16. The summed E-state index contributed by atoms with van der Waals surface area (Å²) in [6.07, 6.45) is 2.39. The molecular weight excluding hydrogens is 198 g/mol. The summed E-state index contributed by atoms with van der Waals surface area (Å²) in [7, 11) is 0. The monoisotopic (exact) mass is 217 g/mol. The van der Waals surface area contributed by atoms with Gasteiger partial charge in [0.15, 0.2) is 0 Å². The highest BCUT2D eigenvalue weighted by Crippen LogP contribution is 2.13. The normalized spacial score (nSPS) is 20.0. The van der Waals surface area contributed by atoms with Crippen molar-refractivity contribution in [3.05, 3.63) is 41.5 Å². The fourth-order valence-electron chi connectivity index (χ4n) is 1.96. The molecule has 1 aliphatic rings. The number of nitrogens with two attached hydrogens (primary N) is 1. The molecule has 0 bridgehead atoms. The number of rotatable bonds is 3. The van der Waals surface area contributed by atoms with E-state index >= 15 is 0 Å². The van der Waals surface area contributed by atoms with Gasteiger partial charge in [0.05, 0.1) is 6.17 Å². The van der Waals surface area contributed by atoms with E-state index in [0.29, 0.717) is 0 Å². The van der Waals surface area contributed by atoms with Crippen LogP contribution in [0.15, 0.2) is 35.9 Å². The zero-order valence-corrected chi connectivity index (χ0v) is 9.61. The van der Waals surface area contributed by atoms with E-state index in [2.05, 4.69) is 28.8 Å². The Balaban J connectivity index is 2.21. The maximum atomic E-state index is 6.02. The fourth-order valence-corrected chi connectivity index (χ4v) is 1.96. The van der Waals surface area contributed by atoms with Gasteiger partial charge < -0.3 is 5.73 Å². The fraction of sp³-hybridized carbons (Fsp3) is 0.385. The second-order valence-electron chi connectivity index (χ2n) is 4.18. The zero-order chi connectivity index (χ0) is 11.4. The van der Waals surface area contributed by atoms with Gasteiger partial charge in [0, 0.05) is 19.1 Å². The van der Waals surface area contributed by atoms with E-state index in [1.165, 1.54) is 11.1 Å². The van der Waals surface area contributed by atoms with Crippen molar-refractivity contribution in [2.45, 2.75) is 19.1 Å². The van der Waals surface area contributed by atoms with Crippen LogP contribution in [0.1, 0.15) is 12.5 Å². The number of hydrogen-bond acceptors (Lipinski definition) is 3. The topological polar surface area (TPSA) is 50.1 Å². The van der Waals surface area contributed by atoms with Gasteiger partial charge in [-0.2, -0.15) is 0 Å². The predicted octanol–water partition coefficient (Wildman–Crippen LogP) is 0.936. The molecule has 3 nitrogen and oxygen atoms in total. The Morgan fingerprint density at radius 1 is 1.31 bits per heavy atom. The minimum Gasteiger partial charge on any atom is -0.324 e. The number of nitrogens with one attached hydrogen (secondary N) is 2. The third kappa shape index (κ3) is 2.70. The molecule has 0 aromatic heterocycles. The zero-order valence-electron chi connectivity index (χ0n) is 9.61. The molecule has 1 saturated heterocycles. The number of benzene rings is 1. The van der Waals surface area contributed by atoms with Crippen LogP contribution in [0.3, 0.4) is 0 Å². The summed E-state index contributed by atoms with van der Waals surface area (Å²) in [6.45, 7) is 4.03. The molecular formula is C13H19N3. The van der Waals surface area contributed by atoms with Gasteiger partial charge in [-0.1, -0.05) is 36.4 Å². The Labute approximate surface area is 96.7 Å². The highest BCUT2D eigenvalue weighted by atomic mass is 15.2.